The number of phenolic OH excluding ortho intramolecular Hbond substituents is 1. The number of aromatic nitrogens is 4. The number of halogens is 4. The van der Waals surface area contributed by atoms with Crippen molar-refractivity contribution in [2.75, 3.05) is 22.9 Å². The van der Waals surface area contributed by atoms with Gasteiger partial charge in [-0.05, 0) is 42.3 Å². The van der Waals surface area contributed by atoms with Crippen molar-refractivity contribution in [1.82, 2.24) is 20.2 Å². The van der Waals surface area contributed by atoms with Gasteiger partial charge in [-0.25, -0.2) is 18.6 Å². The molecule has 4 aromatic rings. The number of aromatic amines is 1. The number of amides is 1. The summed E-state index contributed by atoms with van der Waals surface area (Å²) in [4.78, 5) is 20.8. The summed E-state index contributed by atoms with van der Waals surface area (Å²) in [6, 6.07) is 4.55. The third kappa shape index (κ3) is 5.92. The van der Waals surface area contributed by atoms with Gasteiger partial charge in [-0.15, -0.1) is 0 Å². The molecule has 5 N–H and O–H groups in total. The van der Waals surface area contributed by atoms with E-state index >= 15 is 0 Å². The molecule has 3 heterocycles. The molecule has 0 radical (unpaired) electrons. The SMILES string of the molecule is Cc1cnc(N(C)S(C)=O)c(CNc2nc(-c3cc(F)c(O)cc3CC(F)(F)F)cc3[nH]nc(C(N)=O)c23)c1. The predicted octanol–water partition coefficient (Wildman–Crippen LogP) is 3.72. The van der Waals surface area contributed by atoms with Crippen LogP contribution >= 0.6 is 0 Å². The Labute approximate surface area is 221 Å². The standard InChI is InChI=1S/C24H23F4N7O3S/c1-11-4-13(23(31-9-11)35(2)39(3)38)10-30-22-19-17(33-34-20(19)21(29)37)7-16(32-22)14-6-15(25)18(36)5-12(14)8-24(26,27)28/h4-7,9,36H,8,10H2,1-3H3,(H2,29,37)(H,30,32)(H,33,34). The number of benzene rings is 1. The molecule has 0 saturated carbocycles. The quantitative estimate of drug-likeness (QED) is 0.238. The topological polar surface area (TPSA) is 150 Å². The highest BCUT2D eigenvalue weighted by molar-refractivity contribution is 7.85. The van der Waals surface area contributed by atoms with E-state index in [1.165, 1.54) is 16.6 Å². The molecule has 4 rings (SSSR count). The second-order valence-corrected chi connectivity index (χ2v) is 10.1. The molecular weight excluding hydrogens is 542 g/mol. The van der Waals surface area contributed by atoms with Crippen molar-refractivity contribution in [1.29, 1.82) is 0 Å². The van der Waals surface area contributed by atoms with E-state index in [2.05, 4.69) is 25.5 Å². The van der Waals surface area contributed by atoms with E-state index in [0.29, 0.717) is 17.4 Å². The third-order valence-corrected chi connectivity index (χ3v) is 6.77. The molecule has 0 spiro atoms. The van der Waals surface area contributed by atoms with E-state index in [4.69, 9.17) is 5.73 Å². The highest BCUT2D eigenvalue weighted by Gasteiger charge is 2.30. The van der Waals surface area contributed by atoms with Gasteiger partial charge < -0.3 is 16.2 Å². The van der Waals surface area contributed by atoms with E-state index < -0.39 is 46.6 Å². The number of hydrogen-bond acceptors (Lipinski definition) is 7. The molecule has 10 nitrogen and oxygen atoms in total. The number of fused-ring (bicyclic) bond motifs is 1. The van der Waals surface area contributed by atoms with Crippen LogP contribution in [-0.2, 0) is 24.0 Å². The summed E-state index contributed by atoms with van der Waals surface area (Å²) >= 11 is 0. The van der Waals surface area contributed by atoms with E-state index in [9.17, 15) is 31.7 Å². The zero-order valence-corrected chi connectivity index (χ0v) is 21.7. The molecule has 3 aromatic heterocycles. The van der Waals surface area contributed by atoms with Crippen LogP contribution in [0.4, 0.5) is 29.2 Å². The van der Waals surface area contributed by atoms with Gasteiger partial charge in [0.15, 0.2) is 17.3 Å². The first-order chi connectivity index (χ1) is 18.2. The first kappa shape index (κ1) is 27.8. The molecule has 1 aromatic carbocycles. The van der Waals surface area contributed by atoms with Crippen molar-refractivity contribution in [2.24, 2.45) is 5.73 Å². The second kappa shape index (κ2) is 10.5. The molecule has 0 fully saturated rings. The van der Waals surface area contributed by atoms with Crippen LogP contribution in [0.3, 0.4) is 0 Å². The number of H-pyrrole nitrogens is 1. The number of nitrogens with zero attached hydrogens (tertiary/aromatic N) is 4. The van der Waals surface area contributed by atoms with Crippen LogP contribution in [-0.4, -0.2) is 54.9 Å². The number of carbonyl (C=O) groups is 1. The lowest BCUT2D eigenvalue weighted by Gasteiger charge is -2.19. The highest BCUT2D eigenvalue weighted by Crippen LogP contribution is 2.36. The Bertz CT molecular complexity index is 1610. The second-order valence-electron chi connectivity index (χ2n) is 8.74. The van der Waals surface area contributed by atoms with Crippen LogP contribution in [0.5, 0.6) is 5.75 Å². The summed E-state index contributed by atoms with van der Waals surface area (Å²) in [6.45, 7) is 1.85. The van der Waals surface area contributed by atoms with Crippen LogP contribution in [0.25, 0.3) is 22.2 Å². The number of anilines is 2. The lowest BCUT2D eigenvalue weighted by molar-refractivity contribution is -0.127. The van der Waals surface area contributed by atoms with Gasteiger partial charge in [0, 0.05) is 37.2 Å². The minimum Gasteiger partial charge on any atom is -0.505 e. The number of pyridine rings is 2. The van der Waals surface area contributed by atoms with E-state index in [1.54, 1.807) is 19.3 Å². The molecule has 15 heteroatoms. The summed E-state index contributed by atoms with van der Waals surface area (Å²) in [5.74, 6) is -2.54. The number of alkyl halides is 3. The van der Waals surface area contributed by atoms with Gasteiger partial charge >= 0.3 is 6.18 Å². The van der Waals surface area contributed by atoms with Crippen molar-refractivity contribution in [3.63, 3.8) is 0 Å². The average Bonchev–Trinajstić information content (AvgIpc) is 3.28. The predicted molar refractivity (Wildman–Crippen MR) is 138 cm³/mol. The summed E-state index contributed by atoms with van der Waals surface area (Å²) in [7, 11) is 0.202. The fourth-order valence-corrected chi connectivity index (χ4v) is 4.44. The lowest BCUT2D eigenvalue weighted by atomic mass is 9.99. The Hall–Kier alpha value is -4.27. The monoisotopic (exact) mass is 565 g/mol. The number of phenols is 1. The van der Waals surface area contributed by atoms with Crippen LogP contribution in [0.2, 0.25) is 0 Å². The first-order valence-electron chi connectivity index (χ1n) is 11.3. The van der Waals surface area contributed by atoms with E-state index in [0.717, 1.165) is 11.6 Å². The van der Waals surface area contributed by atoms with Gasteiger partial charge in [0.25, 0.3) is 5.91 Å². The lowest BCUT2D eigenvalue weighted by Crippen LogP contribution is -2.22. The van der Waals surface area contributed by atoms with Gasteiger partial charge in [-0.3, -0.25) is 14.2 Å². The molecule has 39 heavy (non-hydrogen) atoms. The van der Waals surface area contributed by atoms with E-state index in [1.807, 2.05) is 6.92 Å². The number of nitrogens with two attached hydrogens (primary N) is 1. The normalized spacial score (nSPS) is 12.5. The maximum atomic E-state index is 14.3. The number of hydrogen-bond donors (Lipinski definition) is 4. The Balaban J connectivity index is 1.87. The molecule has 1 atom stereocenters. The highest BCUT2D eigenvalue weighted by atomic mass is 32.2. The van der Waals surface area contributed by atoms with Crippen LogP contribution in [0.15, 0.2) is 30.5 Å². The van der Waals surface area contributed by atoms with E-state index in [-0.39, 0.29) is 40.2 Å². The fraction of sp³-hybridized carbons (Fsp3) is 0.250. The molecule has 0 aliphatic heterocycles. The van der Waals surface area contributed by atoms with Gasteiger partial charge in [-0.1, -0.05) is 0 Å². The van der Waals surface area contributed by atoms with Gasteiger partial charge in [0.2, 0.25) is 0 Å². The molecule has 0 aliphatic carbocycles. The summed E-state index contributed by atoms with van der Waals surface area (Å²) < 4.78 is 67.7. The van der Waals surface area contributed by atoms with Crippen molar-refractivity contribution < 1.29 is 31.7 Å². The molecule has 1 amide bonds. The Morgan fingerprint density at radius 3 is 2.59 bits per heavy atom. The van der Waals surface area contributed by atoms with Crippen LogP contribution in [0, 0.1) is 12.7 Å². The van der Waals surface area contributed by atoms with Crippen LogP contribution in [0.1, 0.15) is 27.2 Å². The Kier molecular flexibility index (Phi) is 7.46. The van der Waals surface area contributed by atoms with Crippen molar-refractivity contribution in [3.05, 3.63) is 58.7 Å². The Morgan fingerprint density at radius 1 is 1.23 bits per heavy atom. The maximum Gasteiger partial charge on any atom is 0.393 e. The molecular formula is C24H23F4N7O3S. The molecule has 0 bridgehead atoms. The average molecular weight is 566 g/mol. The molecule has 206 valence electrons. The number of rotatable bonds is 8. The number of aromatic hydroxyl groups is 1. The van der Waals surface area contributed by atoms with Gasteiger partial charge in [0.1, 0.15) is 22.6 Å². The minimum absolute atomic E-state index is 0.0178. The zero-order valence-electron chi connectivity index (χ0n) is 20.9. The van der Waals surface area contributed by atoms with Crippen molar-refractivity contribution >= 4 is 39.4 Å². The summed E-state index contributed by atoms with van der Waals surface area (Å²) in [6.07, 6.45) is -3.03. The largest absolute Gasteiger partial charge is 0.505 e. The smallest absolute Gasteiger partial charge is 0.393 e. The zero-order chi connectivity index (χ0) is 28.6. The maximum absolute atomic E-state index is 14.3. The van der Waals surface area contributed by atoms with Crippen LogP contribution < -0.4 is 15.4 Å². The fourth-order valence-electron chi connectivity index (χ4n) is 4.03. The van der Waals surface area contributed by atoms with Gasteiger partial charge in [0.05, 0.1) is 23.0 Å². The third-order valence-electron chi connectivity index (χ3n) is 5.83. The summed E-state index contributed by atoms with van der Waals surface area (Å²) in [5, 5.41) is 19.4. The summed E-state index contributed by atoms with van der Waals surface area (Å²) in [5.41, 5.74) is 6.17. The molecule has 0 aliphatic rings. The number of carbonyl (C=O) groups excluding carboxylic acids is 1. The minimum atomic E-state index is -4.66. The Morgan fingerprint density at radius 2 is 1.95 bits per heavy atom. The van der Waals surface area contributed by atoms with Gasteiger partial charge in [-0.2, -0.15) is 18.3 Å². The van der Waals surface area contributed by atoms with Crippen molar-refractivity contribution in [2.45, 2.75) is 26.1 Å². The molecule has 0 saturated heterocycles. The number of primary amides is 1. The molecule has 1 unspecified atom stereocenters. The number of nitrogens with one attached hydrogen (secondary N) is 2. The number of aryl methyl sites for hydroxylation is 1. The first-order valence-corrected chi connectivity index (χ1v) is 12.8. The van der Waals surface area contributed by atoms with Crippen molar-refractivity contribution in [3.8, 4) is 17.0 Å².